The van der Waals surface area contributed by atoms with Crippen LogP contribution < -0.4 is 5.73 Å². The molecule has 0 aliphatic rings. The lowest BCUT2D eigenvalue weighted by molar-refractivity contribution is 0.900. The van der Waals surface area contributed by atoms with Crippen LogP contribution in [0.5, 0.6) is 0 Å². The Balaban J connectivity index is 2.33. The summed E-state index contributed by atoms with van der Waals surface area (Å²) in [6, 6.07) is 5.57. The maximum absolute atomic E-state index is 6.05. The molecule has 0 saturated carbocycles. The highest BCUT2D eigenvalue weighted by atomic mass is 35.5. The van der Waals surface area contributed by atoms with Crippen molar-refractivity contribution in [3.63, 3.8) is 0 Å². The van der Waals surface area contributed by atoms with E-state index in [9.17, 15) is 0 Å². The summed E-state index contributed by atoms with van der Waals surface area (Å²) in [6.45, 7) is 0. The van der Waals surface area contributed by atoms with E-state index in [4.69, 9.17) is 28.9 Å². The van der Waals surface area contributed by atoms with Gasteiger partial charge in [0.05, 0.1) is 14.7 Å². The number of rotatable bonds is 2. The average Bonchev–Trinajstić information content (AvgIpc) is 2.73. The van der Waals surface area contributed by atoms with Crippen LogP contribution in [0.15, 0.2) is 23.6 Å². The minimum absolute atomic E-state index is 0.161. The van der Waals surface area contributed by atoms with Crippen LogP contribution in [0.25, 0.3) is 0 Å². The van der Waals surface area contributed by atoms with Crippen LogP contribution in [0.3, 0.4) is 0 Å². The Labute approximate surface area is 100 Å². The molecule has 0 aromatic carbocycles. The lowest BCUT2D eigenvalue weighted by Crippen LogP contribution is -2.09. The maximum Gasteiger partial charge on any atom is 0.0979 e. The standard InChI is InChI=1S/C9H7Cl2NS2/c10-7-2-1-6(14-7)8(12)5-3-4-13-9(5)11/h1-4,8H,12H2. The first-order valence-electron chi connectivity index (χ1n) is 3.92. The fourth-order valence-corrected chi connectivity index (χ4v) is 3.26. The summed E-state index contributed by atoms with van der Waals surface area (Å²) in [6.07, 6.45) is 0. The second-order valence-corrected chi connectivity index (χ2v) is 6.03. The largest absolute Gasteiger partial charge is 0.320 e. The van der Waals surface area contributed by atoms with E-state index in [0.29, 0.717) is 0 Å². The van der Waals surface area contributed by atoms with Gasteiger partial charge < -0.3 is 5.73 Å². The first-order chi connectivity index (χ1) is 6.68. The van der Waals surface area contributed by atoms with Crippen molar-refractivity contribution in [2.24, 2.45) is 5.73 Å². The molecule has 0 aliphatic carbocycles. The predicted octanol–water partition coefficient (Wildman–Crippen LogP) is 4.16. The second-order valence-electron chi connectivity index (χ2n) is 2.77. The molecule has 0 spiro atoms. The highest BCUT2D eigenvalue weighted by molar-refractivity contribution is 7.16. The normalized spacial score (nSPS) is 13.1. The first kappa shape index (κ1) is 10.5. The van der Waals surface area contributed by atoms with Gasteiger partial charge in [-0.3, -0.25) is 0 Å². The molecule has 2 rings (SSSR count). The van der Waals surface area contributed by atoms with Crippen LogP contribution in [0.2, 0.25) is 8.67 Å². The van der Waals surface area contributed by atoms with Crippen LogP contribution in [0.1, 0.15) is 16.5 Å². The Hall–Kier alpha value is -0.0600. The minimum Gasteiger partial charge on any atom is -0.320 e. The number of hydrogen-bond acceptors (Lipinski definition) is 3. The van der Waals surface area contributed by atoms with E-state index in [1.165, 1.54) is 22.7 Å². The van der Waals surface area contributed by atoms with Crippen LogP contribution >= 0.6 is 45.9 Å². The summed E-state index contributed by atoms with van der Waals surface area (Å²) in [4.78, 5) is 1.04. The monoisotopic (exact) mass is 263 g/mol. The molecule has 2 aromatic heterocycles. The molecular formula is C9H7Cl2NS2. The molecule has 2 N–H and O–H groups in total. The molecule has 0 bridgehead atoms. The van der Waals surface area contributed by atoms with E-state index < -0.39 is 0 Å². The Morgan fingerprint density at radius 3 is 2.50 bits per heavy atom. The third kappa shape index (κ3) is 1.97. The fourth-order valence-electron chi connectivity index (χ4n) is 1.18. The number of nitrogens with two attached hydrogens (primary N) is 1. The maximum atomic E-state index is 6.05. The zero-order valence-electron chi connectivity index (χ0n) is 7.04. The van der Waals surface area contributed by atoms with Crippen LogP contribution in [0, 0.1) is 0 Å². The van der Waals surface area contributed by atoms with E-state index in [1.807, 2.05) is 23.6 Å². The van der Waals surface area contributed by atoms with Gasteiger partial charge in [0.2, 0.25) is 0 Å². The summed E-state index contributed by atoms with van der Waals surface area (Å²) >= 11 is 14.8. The lowest BCUT2D eigenvalue weighted by atomic mass is 10.1. The zero-order chi connectivity index (χ0) is 10.1. The van der Waals surface area contributed by atoms with E-state index in [0.717, 1.165) is 19.1 Å². The van der Waals surface area contributed by atoms with Crippen molar-refractivity contribution in [1.82, 2.24) is 0 Å². The van der Waals surface area contributed by atoms with Gasteiger partial charge in [0.15, 0.2) is 0 Å². The van der Waals surface area contributed by atoms with Crippen LogP contribution in [-0.4, -0.2) is 0 Å². The zero-order valence-corrected chi connectivity index (χ0v) is 10.2. The molecule has 0 amide bonds. The highest BCUT2D eigenvalue weighted by Crippen LogP contribution is 2.34. The third-order valence-corrected chi connectivity index (χ3v) is 4.40. The van der Waals surface area contributed by atoms with Gasteiger partial charge in [-0.1, -0.05) is 23.2 Å². The highest BCUT2D eigenvalue weighted by Gasteiger charge is 2.14. The Morgan fingerprint density at radius 2 is 2.00 bits per heavy atom. The number of hydrogen-bond donors (Lipinski definition) is 1. The van der Waals surface area contributed by atoms with Gasteiger partial charge in [-0.15, -0.1) is 22.7 Å². The molecule has 0 fully saturated rings. The molecule has 14 heavy (non-hydrogen) atoms. The minimum atomic E-state index is -0.161. The molecule has 1 unspecified atom stereocenters. The second kappa shape index (κ2) is 4.21. The van der Waals surface area contributed by atoms with Crippen molar-refractivity contribution in [1.29, 1.82) is 0 Å². The number of thiophene rings is 2. The average molecular weight is 264 g/mol. The predicted molar refractivity (Wildman–Crippen MR) is 64.7 cm³/mol. The van der Waals surface area contributed by atoms with Gasteiger partial charge in [0, 0.05) is 10.4 Å². The van der Waals surface area contributed by atoms with Gasteiger partial charge >= 0.3 is 0 Å². The Bertz CT molecular complexity index is 435. The Kier molecular flexibility index (Phi) is 3.14. The topological polar surface area (TPSA) is 26.0 Å². The SMILES string of the molecule is NC(c1ccc(Cl)s1)c1ccsc1Cl. The van der Waals surface area contributed by atoms with Crippen molar-refractivity contribution < 1.29 is 0 Å². The third-order valence-electron chi connectivity index (χ3n) is 1.88. The van der Waals surface area contributed by atoms with Crippen molar-refractivity contribution in [3.05, 3.63) is 42.7 Å². The van der Waals surface area contributed by atoms with E-state index in [-0.39, 0.29) is 6.04 Å². The molecule has 2 heterocycles. The fraction of sp³-hybridized carbons (Fsp3) is 0.111. The molecule has 0 aliphatic heterocycles. The lowest BCUT2D eigenvalue weighted by Gasteiger charge is -2.07. The van der Waals surface area contributed by atoms with E-state index in [2.05, 4.69) is 0 Å². The van der Waals surface area contributed by atoms with E-state index >= 15 is 0 Å². The molecular weight excluding hydrogens is 257 g/mol. The first-order valence-corrected chi connectivity index (χ1v) is 6.37. The Morgan fingerprint density at radius 1 is 1.21 bits per heavy atom. The molecule has 2 aromatic rings. The summed E-state index contributed by atoms with van der Waals surface area (Å²) in [7, 11) is 0. The van der Waals surface area contributed by atoms with Gasteiger partial charge in [0.1, 0.15) is 0 Å². The summed E-state index contributed by atoms with van der Waals surface area (Å²) in [5, 5.41) is 1.94. The quantitative estimate of drug-likeness (QED) is 0.865. The van der Waals surface area contributed by atoms with Crippen molar-refractivity contribution in [2.45, 2.75) is 6.04 Å². The van der Waals surface area contributed by atoms with Crippen LogP contribution in [0.4, 0.5) is 0 Å². The molecule has 1 atom stereocenters. The summed E-state index contributed by atoms with van der Waals surface area (Å²) in [5.41, 5.74) is 7.02. The number of halogens is 2. The molecule has 1 nitrogen and oxygen atoms in total. The van der Waals surface area contributed by atoms with Crippen molar-refractivity contribution >= 4 is 45.9 Å². The molecule has 0 saturated heterocycles. The molecule has 74 valence electrons. The van der Waals surface area contributed by atoms with Crippen LogP contribution in [-0.2, 0) is 0 Å². The van der Waals surface area contributed by atoms with Gasteiger partial charge in [-0.05, 0) is 23.6 Å². The molecule has 5 heteroatoms. The van der Waals surface area contributed by atoms with Crippen molar-refractivity contribution in [3.8, 4) is 0 Å². The smallest absolute Gasteiger partial charge is 0.0979 e. The summed E-state index contributed by atoms with van der Waals surface area (Å²) in [5.74, 6) is 0. The van der Waals surface area contributed by atoms with E-state index in [1.54, 1.807) is 0 Å². The van der Waals surface area contributed by atoms with Crippen molar-refractivity contribution in [2.75, 3.05) is 0 Å². The molecule has 0 radical (unpaired) electrons. The summed E-state index contributed by atoms with van der Waals surface area (Å²) < 4.78 is 1.50. The van der Waals surface area contributed by atoms with Gasteiger partial charge in [-0.25, -0.2) is 0 Å². The van der Waals surface area contributed by atoms with Gasteiger partial charge in [0.25, 0.3) is 0 Å². The van der Waals surface area contributed by atoms with Gasteiger partial charge in [-0.2, -0.15) is 0 Å².